The maximum absolute atomic E-state index is 10.4. The van der Waals surface area contributed by atoms with Gasteiger partial charge in [0.05, 0.1) is 11.1 Å². The Morgan fingerprint density at radius 1 is 1.60 bits per heavy atom. The van der Waals surface area contributed by atoms with Gasteiger partial charge in [-0.05, 0) is 0 Å². The maximum Gasteiger partial charge on any atom is 0.404 e. The number of carbonyl (C=O) groups excluding carboxylic acids is 1. The number of aromatic nitrogens is 2. The first-order chi connectivity index (χ1) is 7.25. The zero-order valence-electron chi connectivity index (χ0n) is 7.54. The van der Waals surface area contributed by atoms with Crippen LogP contribution in [0.3, 0.4) is 0 Å². The van der Waals surface area contributed by atoms with E-state index >= 15 is 0 Å². The van der Waals surface area contributed by atoms with Crippen molar-refractivity contribution >= 4 is 17.4 Å². The molecule has 7 heteroatoms. The van der Waals surface area contributed by atoms with Crippen molar-refractivity contribution in [3.63, 3.8) is 0 Å². The lowest BCUT2D eigenvalue weighted by Gasteiger charge is -1.95. The Bertz CT molecular complexity index is 451. The van der Waals surface area contributed by atoms with Gasteiger partial charge in [0.1, 0.15) is 12.9 Å². The van der Waals surface area contributed by atoms with Crippen LogP contribution in [-0.2, 0) is 11.3 Å². The predicted molar refractivity (Wildman–Crippen MR) is 52.0 cm³/mol. The Labute approximate surface area is 88.7 Å². The summed E-state index contributed by atoms with van der Waals surface area (Å²) in [5.74, 6) is 0.449. The van der Waals surface area contributed by atoms with E-state index in [1.165, 1.54) is 23.8 Å². The molecule has 0 aliphatic rings. The van der Waals surface area contributed by atoms with Crippen molar-refractivity contribution in [2.75, 3.05) is 0 Å². The van der Waals surface area contributed by atoms with Crippen LogP contribution >= 0.6 is 11.3 Å². The third-order valence-electron chi connectivity index (χ3n) is 1.53. The van der Waals surface area contributed by atoms with E-state index in [0.717, 1.165) is 4.88 Å². The molecule has 0 fully saturated rings. The maximum atomic E-state index is 10.4. The minimum Gasteiger partial charge on any atom is -0.444 e. The third-order valence-corrected chi connectivity index (χ3v) is 2.48. The molecule has 2 heterocycles. The molecule has 2 N–H and O–H groups in total. The van der Waals surface area contributed by atoms with Crippen LogP contribution in [0, 0.1) is 0 Å². The second-order valence-corrected chi connectivity index (χ2v) is 3.69. The Kier molecular flexibility index (Phi) is 2.64. The van der Waals surface area contributed by atoms with Gasteiger partial charge in [-0.25, -0.2) is 14.8 Å². The first-order valence-electron chi connectivity index (χ1n) is 4.02. The smallest absolute Gasteiger partial charge is 0.404 e. The zero-order valence-corrected chi connectivity index (χ0v) is 8.36. The topological polar surface area (TPSA) is 91.2 Å². The van der Waals surface area contributed by atoms with Crippen molar-refractivity contribution in [1.29, 1.82) is 0 Å². The Balaban J connectivity index is 2.08. The molecule has 0 aliphatic carbocycles. The van der Waals surface area contributed by atoms with Crippen LogP contribution in [0.25, 0.3) is 10.9 Å². The van der Waals surface area contributed by atoms with Gasteiger partial charge in [-0.15, -0.1) is 11.3 Å². The molecule has 0 atom stereocenters. The van der Waals surface area contributed by atoms with E-state index in [1.807, 2.05) is 0 Å². The summed E-state index contributed by atoms with van der Waals surface area (Å²) in [7, 11) is 0. The molecule has 15 heavy (non-hydrogen) atoms. The minimum absolute atomic E-state index is 0.119. The van der Waals surface area contributed by atoms with Crippen molar-refractivity contribution in [2.24, 2.45) is 5.73 Å². The summed E-state index contributed by atoms with van der Waals surface area (Å²) in [6.07, 6.45) is 3.79. The molecular weight excluding hydrogens is 218 g/mol. The molecule has 78 valence electrons. The number of thiazole rings is 1. The van der Waals surface area contributed by atoms with Gasteiger partial charge in [-0.3, -0.25) is 0 Å². The van der Waals surface area contributed by atoms with Crippen molar-refractivity contribution in [3.05, 3.63) is 23.5 Å². The highest BCUT2D eigenvalue weighted by molar-refractivity contribution is 7.14. The first-order valence-corrected chi connectivity index (χ1v) is 4.84. The van der Waals surface area contributed by atoms with Gasteiger partial charge >= 0.3 is 6.09 Å². The second kappa shape index (κ2) is 4.09. The summed E-state index contributed by atoms with van der Waals surface area (Å²) in [6, 6.07) is 0. The average molecular weight is 225 g/mol. The van der Waals surface area contributed by atoms with Gasteiger partial charge < -0.3 is 14.9 Å². The highest BCUT2D eigenvalue weighted by atomic mass is 32.1. The van der Waals surface area contributed by atoms with Crippen LogP contribution < -0.4 is 5.73 Å². The Morgan fingerprint density at radius 3 is 3.13 bits per heavy atom. The molecule has 0 aliphatic heterocycles. The summed E-state index contributed by atoms with van der Waals surface area (Å²) in [5.41, 5.74) is 4.83. The lowest BCUT2D eigenvalue weighted by Crippen LogP contribution is -2.12. The second-order valence-electron chi connectivity index (χ2n) is 2.58. The highest BCUT2D eigenvalue weighted by Gasteiger charge is 2.09. The van der Waals surface area contributed by atoms with Gasteiger partial charge in [-0.1, -0.05) is 0 Å². The van der Waals surface area contributed by atoms with Gasteiger partial charge in [-0.2, -0.15) is 0 Å². The highest BCUT2D eigenvalue weighted by Crippen LogP contribution is 2.23. The summed E-state index contributed by atoms with van der Waals surface area (Å²) < 4.78 is 9.68. The van der Waals surface area contributed by atoms with Gasteiger partial charge in [0.15, 0.2) is 5.01 Å². The number of rotatable bonds is 3. The fraction of sp³-hybridized carbons (Fsp3) is 0.125. The third kappa shape index (κ3) is 2.32. The molecule has 0 aromatic carbocycles. The fourth-order valence-corrected chi connectivity index (χ4v) is 1.71. The van der Waals surface area contributed by atoms with E-state index in [2.05, 4.69) is 14.7 Å². The quantitative estimate of drug-likeness (QED) is 0.852. The van der Waals surface area contributed by atoms with Crippen molar-refractivity contribution < 1.29 is 13.9 Å². The van der Waals surface area contributed by atoms with Crippen LogP contribution in [0.2, 0.25) is 0 Å². The zero-order chi connectivity index (χ0) is 10.7. The first kappa shape index (κ1) is 9.66. The number of carbonyl (C=O) groups is 1. The SMILES string of the molecule is NC(=O)OCc1cnc(-c2ncco2)s1. The molecule has 1 amide bonds. The fourth-order valence-electron chi connectivity index (χ4n) is 0.944. The Hall–Kier alpha value is -1.89. The summed E-state index contributed by atoms with van der Waals surface area (Å²) in [4.78, 5) is 19.2. The molecule has 2 aromatic rings. The number of hydrogen-bond acceptors (Lipinski definition) is 6. The molecule has 0 unspecified atom stereocenters. The van der Waals surface area contributed by atoms with Crippen LogP contribution in [0.4, 0.5) is 4.79 Å². The number of nitrogens with zero attached hydrogens (tertiary/aromatic N) is 2. The van der Waals surface area contributed by atoms with E-state index in [0.29, 0.717) is 10.9 Å². The molecule has 0 bridgehead atoms. The molecule has 2 aromatic heterocycles. The minimum atomic E-state index is -0.805. The van der Waals surface area contributed by atoms with Gasteiger partial charge in [0.2, 0.25) is 0 Å². The summed E-state index contributed by atoms with van der Waals surface area (Å²) in [6.45, 7) is 0.119. The molecular formula is C8H7N3O3S. The molecule has 2 rings (SSSR count). The number of primary amides is 1. The van der Waals surface area contributed by atoms with E-state index in [9.17, 15) is 4.79 Å². The molecule has 0 radical (unpaired) electrons. The van der Waals surface area contributed by atoms with Crippen LogP contribution in [0.5, 0.6) is 0 Å². The lowest BCUT2D eigenvalue weighted by molar-refractivity contribution is 0.151. The van der Waals surface area contributed by atoms with E-state index < -0.39 is 6.09 Å². The molecule has 0 saturated carbocycles. The summed E-state index contributed by atoms with van der Waals surface area (Å²) >= 11 is 1.33. The van der Waals surface area contributed by atoms with E-state index in [-0.39, 0.29) is 6.61 Å². The number of hydrogen-bond donors (Lipinski definition) is 1. The van der Waals surface area contributed by atoms with Crippen molar-refractivity contribution in [1.82, 2.24) is 9.97 Å². The number of amides is 1. The van der Waals surface area contributed by atoms with Crippen LogP contribution in [0.1, 0.15) is 4.88 Å². The van der Waals surface area contributed by atoms with Gasteiger partial charge in [0, 0.05) is 6.20 Å². The van der Waals surface area contributed by atoms with E-state index in [4.69, 9.17) is 10.2 Å². The van der Waals surface area contributed by atoms with Gasteiger partial charge in [0.25, 0.3) is 5.89 Å². The molecule has 6 nitrogen and oxygen atoms in total. The van der Waals surface area contributed by atoms with Crippen LogP contribution in [0.15, 0.2) is 23.1 Å². The van der Waals surface area contributed by atoms with Crippen LogP contribution in [-0.4, -0.2) is 16.1 Å². The lowest BCUT2D eigenvalue weighted by atomic mass is 10.6. The Morgan fingerprint density at radius 2 is 2.47 bits per heavy atom. The summed E-state index contributed by atoms with van der Waals surface area (Å²) in [5, 5.41) is 0.642. The number of nitrogens with two attached hydrogens (primary N) is 1. The van der Waals surface area contributed by atoms with E-state index in [1.54, 1.807) is 6.20 Å². The molecule has 0 spiro atoms. The monoisotopic (exact) mass is 225 g/mol. The number of oxazole rings is 1. The standard InChI is InChI=1S/C8H7N3O3S/c9-8(12)14-4-5-3-11-7(15-5)6-10-1-2-13-6/h1-3H,4H2,(H2,9,12). The largest absolute Gasteiger partial charge is 0.444 e. The normalized spacial score (nSPS) is 10.1. The van der Waals surface area contributed by atoms with Crippen molar-refractivity contribution in [3.8, 4) is 10.9 Å². The van der Waals surface area contributed by atoms with Crippen molar-refractivity contribution in [2.45, 2.75) is 6.61 Å². The molecule has 0 saturated heterocycles. The number of ether oxygens (including phenoxy) is 1. The average Bonchev–Trinajstić information content (AvgIpc) is 2.85. The predicted octanol–water partition coefficient (Wildman–Crippen LogP) is 1.39.